The lowest BCUT2D eigenvalue weighted by atomic mass is 10.1. The minimum Gasteiger partial charge on any atom is -0.336 e. The van der Waals surface area contributed by atoms with E-state index in [1.165, 1.54) is 22.9 Å². The number of hydrogen-bond acceptors (Lipinski definition) is 4. The van der Waals surface area contributed by atoms with Crippen LogP contribution in [0.5, 0.6) is 0 Å². The zero-order valence-electron chi connectivity index (χ0n) is 19.3. The third-order valence-electron chi connectivity index (χ3n) is 5.87. The standard InChI is InChI=1S/C27H26N2O4S/c1-4-20-11-13-21(14-12-20)34(32,33)25-16-29(24-8-6-5-7-22(24)27(25)31)17-26(30)28-23-15-18(2)9-10-19(23)3/h5-16H,4,17H2,1-3H3,(H,28,30). The summed E-state index contributed by atoms with van der Waals surface area (Å²) in [5.74, 6) is -0.321. The lowest BCUT2D eigenvalue weighted by molar-refractivity contribution is -0.116. The van der Waals surface area contributed by atoms with Gasteiger partial charge in [0.15, 0.2) is 0 Å². The van der Waals surface area contributed by atoms with Gasteiger partial charge in [-0.15, -0.1) is 0 Å². The highest BCUT2D eigenvalue weighted by Crippen LogP contribution is 2.22. The van der Waals surface area contributed by atoms with Gasteiger partial charge < -0.3 is 9.88 Å². The SMILES string of the molecule is CCc1ccc(S(=O)(=O)c2cn(CC(=O)Nc3cc(C)ccc3C)c3ccccc3c2=O)cc1. The summed E-state index contributed by atoms with van der Waals surface area (Å²) in [6.07, 6.45) is 2.05. The summed E-state index contributed by atoms with van der Waals surface area (Å²) in [4.78, 5) is 25.8. The lowest BCUT2D eigenvalue weighted by Gasteiger charge is -2.15. The Morgan fingerprint density at radius 3 is 2.38 bits per heavy atom. The maximum atomic E-state index is 13.4. The molecule has 4 rings (SSSR count). The van der Waals surface area contributed by atoms with E-state index in [9.17, 15) is 18.0 Å². The van der Waals surface area contributed by atoms with Crippen LogP contribution in [-0.4, -0.2) is 18.9 Å². The molecule has 6 nitrogen and oxygen atoms in total. The van der Waals surface area contributed by atoms with Gasteiger partial charge in [0.2, 0.25) is 21.2 Å². The molecule has 0 aliphatic rings. The predicted octanol–water partition coefficient (Wildman–Crippen LogP) is 4.65. The minimum atomic E-state index is -4.08. The van der Waals surface area contributed by atoms with Crippen LogP contribution < -0.4 is 10.7 Å². The number of amides is 1. The molecule has 0 bridgehead atoms. The number of anilines is 1. The quantitative estimate of drug-likeness (QED) is 0.441. The molecule has 1 heterocycles. The monoisotopic (exact) mass is 474 g/mol. The smallest absolute Gasteiger partial charge is 0.244 e. The maximum absolute atomic E-state index is 13.4. The number of carbonyl (C=O) groups excluding carboxylic acids is 1. The van der Waals surface area contributed by atoms with Gasteiger partial charge in [-0.25, -0.2) is 8.42 Å². The average Bonchev–Trinajstić information content (AvgIpc) is 2.83. The zero-order valence-corrected chi connectivity index (χ0v) is 20.1. The van der Waals surface area contributed by atoms with Gasteiger partial charge in [0.05, 0.1) is 10.4 Å². The molecule has 0 radical (unpaired) electrons. The number of para-hydroxylation sites is 1. The maximum Gasteiger partial charge on any atom is 0.244 e. The van der Waals surface area contributed by atoms with Crippen molar-refractivity contribution in [2.24, 2.45) is 0 Å². The second-order valence-electron chi connectivity index (χ2n) is 8.34. The molecule has 7 heteroatoms. The molecule has 3 aromatic carbocycles. The molecule has 0 atom stereocenters. The molecular formula is C27H26N2O4S. The normalized spacial score (nSPS) is 11.5. The van der Waals surface area contributed by atoms with Gasteiger partial charge in [0, 0.05) is 17.3 Å². The van der Waals surface area contributed by atoms with Crippen LogP contribution in [0.1, 0.15) is 23.6 Å². The van der Waals surface area contributed by atoms with Crippen LogP contribution in [0.15, 0.2) is 87.5 Å². The van der Waals surface area contributed by atoms with Crippen molar-refractivity contribution in [3.8, 4) is 0 Å². The van der Waals surface area contributed by atoms with Crippen molar-refractivity contribution in [1.82, 2.24) is 4.57 Å². The fourth-order valence-electron chi connectivity index (χ4n) is 3.89. The first-order valence-electron chi connectivity index (χ1n) is 11.0. The van der Waals surface area contributed by atoms with Crippen LogP contribution in [0.25, 0.3) is 10.9 Å². The number of sulfone groups is 1. The van der Waals surface area contributed by atoms with Crippen LogP contribution in [0.2, 0.25) is 0 Å². The van der Waals surface area contributed by atoms with E-state index in [-0.39, 0.29) is 27.6 Å². The van der Waals surface area contributed by atoms with Crippen molar-refractivity contribution in [1.29, 1.82) is 0 Å². The Bertz CT molecular complexity index is 1550. The Morgan fingerprint density at radius 1 is 0.971 bits per heavy atom. The molecule has 34 heavy (non-hydrogen) atoms. The minimum absolute atomic E-state index is 0.0449. The Labute approximate surface area is 198 Å². The van der Waals surface area contributed by atoms with E-state index in [4.69, 9.17) is 0 Å². The van der Waals surface area contributed by atoms with Crippen molar-refractivity contribution < 1.29 is 13.2 Å². The van der Waals surface area contributed by atoms with Crippen LogP contribution >= 0.6 is 0 Å². The summed E-state index contributed by atoms with van der Waals surface area (Å²) in [7, 11) is -4.08. The number of fused-ring (bicyclic) bond motifs is 1. The average molecular weight is 475 g/mol. The van der Waals surface area contributed by atoms with Crippen molar-refractivity contribution >= 4 is 32.3 Å². The molecule has 4 aromatic rings. The second-order valence-corrected chi connectivity index (χ2v) is 10.3. The van der Waals surface area contributed by atoms with E-state index in [2.05, 4.69) is 5.32 Å². The summed E-state index contributed by atoms with van der Waals surface area (Å²) in [5, 5.41) is 3.14. The largest absolute Gasteiger partial charge is 0.336 e. The molecule has 0 aliphatic heterocycles. The molecule has 0 unspecified atom stereocenters. The lowest BCUT2D eigenvalue weighted by Crippen LogP contribution is -2.24. The topological polar surface area (TPSA) is 85.2 Å². The number of rotatable bonds is 6. The Balaban J connectivity index is 1.78. The molecule has 1 amide bonds. The van der Waals surface area contributed by atoms with Gasteiger partial charge in [0.1, 0.15) is 11.4 Å². The first-order valence-corrected chi connectivity index (χ1v) is 12.5. The number of hydrogen-bond donors (Lipinski definition) is 1. The fourth-order valence-corrected chi connectivity index (χ4v) is 5.26. The molecule has 0 spiro atoms. The Morgan fingerprint density at radius 2 is 1.68 bits per heavy atom. The van der Waals surface area contributed by atoms with Gasteiger partial charge in [0.25, 0.3) is 0 Å². The summed E-state index contributed by atoms with van der Waals surface area (Å²) in [6, 6.07) is 19.0. The van der Waals surface area contributed by atoms with E-state index in [1.54, 1.807) is 36.4 Å². The van der Waals surface area contributed by atoms with Gasteiger partial charge in [-0.2, -0.15) is 0 Å². The number of nitrogens with one attached hydrogen (secondary N) is 1. The van der Waals surface area contributed by atoms with Gasteiger partial charge >= 0.3 is 0 Å². The van der Waals surface area contributed by atoms with Gasteiger partial charge in [-0.1, -0.05) is 43.3 Å². The van der Waals surface area contributed by atoms with Crippen LogP contribution in [0.3, 0.4) is 0 Å². The van der Waals surface area contributed by atoms with Crippen LogP contribution in [-0.2, 0) is 27.6 Å². The van der Waals surface area contributed by atoms with Crippen LogP contribution in [0, 0.1) is 13.8 Å². The van der Waals surface area contributed by atoms with Crippen LogP contribution in [0.4, 0.5) is 5.69 Å². The number of aryl methyl sites for hydroxylation is 3. The molecular weight excluding hydrogens is 448 g/mol. The molecule has 1 N–H and O–H groups in total. The number of nitrogens with zero attached hydrogens (tertiary/aromatic N) is 1. The second kappa shape index (κ2) is 9.27. The van der Waals surface area contributed by atoms with Gasteiger partial charge in [-0.3, -0.25) is 9.59 Å². The molecule has 0 aliphatic carbocycles. The number of benzene rings is 3. The summed E-state index contributed by atoms with van der Waals surface area (Å²) >= 11 is 0. The van der Waals surface area contributed by atoms with E-state index in [0.717, 1.165) is 23.1 Å². The van der Waals surface area contributed by atoms with E-state index in [1.807, 2.05) is 39.0 Å². The van der Waals surface area contributed by atoms with E-state index in [0.29, 0.717) is 11.2 Å². The van der Waals surface area contributed by atoms with Crippen molar-refractivity contribution in [3.63, 3.8) is 0 Å². The summed E-state index contributed by atoms with van der Waals surface area (Å²) in [6.45, 7) is 5.67. The number of carbonyl (C=O) groups is 1. The van der Waals surface area contributed by atoms with Crippen molar-refractivity contribution in [3.05, 3.63) is 99.8 Å². The summed E-state index contributed by atoms with van der Waals surface area (Å²) in [5.41, 5.74) is 3.53. The summed E-state index contributed by atoms with van der Waals surface area (Å²) < 4.78 is 28.3. The number of pyridine rings is 1. The Kier molecular flexibility index (Phi) is 6.39. The Hall–Kier alpha value is -3.71. The highest BCUT2D eigenvalue weighted by Gasteiger charge is 2.24. The first kappa shape index (κ1) is 23.4. The van der Waals surface area contributed by atoms with Gasteiger partial charge in [-0.05, 0) is 67.3 Å². The zero-order chi connectivity index (χ0) is 24.5. The molecule has 0 saturated carbocycles. The van der Waals surface area contributed by atoms with Crippen molar-refractivity contribution in [2.45, 2.75) is 43.5 Å². The fraction of sp³-hybridized carbons (Fsp3) is 0.185. The van der Waals surface area contributed by atoms with E-state index >= 15 is 0 Å². The molecule has 1 aromatic heterocycles. The van der Waals surface area contributed by atoms with E-state index < -0.39 is 15.3 Å². The molecule has 0 saturated heterocycles. The predicted molar refractivity (Wildman–Crippen MR) is 134 cm³/mol. The molecule has 174 valence electrons. The molecule has 0 fully saturated rings. The third-order valence-corrected chi connectivity index (χ3v) is 7.63. The first-order chi connectivity index (χ1) is 16.2. The highest BCUT2D eigenvalue weighted by atomic mass is 32.2. The number of aromatic nitrogens is 1. The highest BCUT2D eigenvalue weighted by molar-refractivity contribution is 7.91. The van der Waals surface area contributed by atoms with Crippen molar-refractivity contribution in [2.75, 3.05) is 5.32 Å². The third kappa shape index (κ3) is 4.52.